The molecule has 21 heavy (non-hydrogen) atoms. The van der Waals surface area contributed by atoms with E-state index < -0.39 is 35.1 Å². The number of alkyl halides is 3. The van der Waals surface area contributed by atoms with E-state index in [9.17, 15) is 26.4 Å². The van der Waals surface area contributed by atoms with Gasteiger partial charge in [-0.2, -0.15) is 13.2 Å². The minimum absolute atomic E-state index is 0.249. The predicted octanol–water partition coefficient (Wildman–Crippen LogP) is 2.00. The zero-order valence-corrected chi connectivity index (χ0v) is 12.1. The lowest BCUT2D eigenvalue weighted by Crippen LogP contribution is -2.27. The molecule has 0 fully saturated rings. The second-order valence-electron chi connectivity index (χ2n) is 4.63. The monoisotopic (exact) mass is 328 g/mol. The molecule has 1 heterocycles. The van der Waals surface area contributed by atoms with Crippen LogP contribution in [-0.2, 0) is 10.0 Å². The van der Waals surface area contributed by atoms with E-state index in [1.807, 2.05) is 0 Å². The van der Waals surface area contributed by atoms with Gasteiger partial charge in [-0.1, -0.05) is 0 Å². The Kier molecular flexibility index (Phi) is 5.05. The molecule has 0 unspecified atom stereocenters. The summed E-state index contributed by atoms with van der Waals surface area (Å²) >= 11 is 0. The van der Waals surface area contributed by atoms with Crippen LogP contribution < -0.4 is 4.72 Å². The Morgan fingerprint density at radius 3 is 2.38 bits per heavy atom. The minimum Gasteiger partial charge on any atom is -0.477 e. The fraction of sp³-hybridized carbons (Fsp3) is 0.545. The third-order valence-corrected chi connectivity index (χ3v) is 4.04. The van der Waals surface area contributed by atoms with Gasteiger partial charge in [0.15, 0.2) is 0 Å². The average molecular weight is 328 g/mol. The van der Waals surface area contributed by atoms with E-state index in [1.54, 1.807) is 18.6 Å². The Morgan fingerprint density at radius 2 is 2.00 bits per heavy atom. The van der Waals surface area contributed by atoms with Crippen LogP contribution in [-0.4, -0.2) is 36.8 Å². The molecule has 0 saturated heterocycles. The number of nitrogens with zero attached hydrogens (tertiary/aromatic N) is 1. The molecule has 6 nitrogen and oxygen atoms in total. The number of hydrogen-bond donors (Lipinski definition) is 2. The molecule has 0 aliphatic rings. The maximum absolute atomic E-state index is 12.0. The number of nitrogens with one attached hydrogen (secondary N) is 1. The van der Waals surface area contributed by atoms with Crippen molar-refractivity contribution in [3.63, 3.8) is 0 Å². The van der Waals surface area contributed by atoms with E-state index in [0.717, 1.165) is 12.3 Å². The molecular weight excluding hydrogens is 313 g/mol. The lowest BCUT2D eigenvalue weighted by Gasteiger charge is -2.09. The number of sulfonamides is 1. The molecule has 0 aromatic carbocycles. The molecule has 10 heteroatoms. The van der Waals surface area contributed by atoms with Gasteiger partial charge >= 0.3 is 12.1 Å². The summed E-state index contributed by atoms with van der Waals surface area (Å²) in [5.41, 5.74) is -0.249. The lowest BCUT2D eigenvalue weighted by atomic mass is 10.3. The van der Waals surface area contributed by atoms with Crippen LogP contribution >= 0.6 is 0 Å². The number of aromatic carboxylic acids is 1. The summed E-state index contributed by atoms with van der Waals surface area (Å²) in [6.07, 6.45) is -4.69. The van der Waals surface area contributed by atoms with Gasteiger partial charge in [0.05, 0.1) is 6.42 Å². The highest BCUT2D eigenvalue weighted by Gasteiger charge is 2.28. The molecule has 0 aliphatic heterocycles. The summed E-state index contributed by atoms with van der Waals surface area (Å²) in [5.74, 6) is -1.32. The van der Waals surface area contributed by atoms with Gasteiger partial charge in [-0.25, -0.2) is 17.9 Å². The van der Waals surface area contributed by atoms with E-state index in [1.165, 1.54) is 4.57 Å². The normalized spacial score (nSPS) is 12.9. The number of carbonyl (C=O) groups is 1. The zero-order chi connectivity index (χ0) is 16.4. The number of hydrogen-bond acceptors (Lipinski definition) is 3. The van der Waals surface area contributed by atoms with Gasteiger partial charge in [-0.05, 0) is 19.9 Å². The fourth-order valence-corrected chi connectivity index (χ4v) is 2.67. The van der Waals surface area contributed by atoms with Gasteiger partial charge in [0.1, 0.15) is 10.6 Å². The molecular formula is C11H15F3N2O4S. The van der Waals surface area contributed by atoms with Crippen molar-refractivity contribution >= 4 is 16.0 Å². The van der Waals surface area contributed by atoms with E-state index in [0.29, 0.717) is 0 Å². The molecule has 120 valence electrons. The van der Waals surface area contributed by atoms with Crippen molar-refractivity contribution in [2.75, 3.05) is 6.54 Å². The van der Waals surface area contributed by atoms with Gasteiger partial charge < -0.3 is 9.67 Å². The third-order valence-electron chi connectivity index (χ3n) is 2.61. The van der Waals surface area contributed by atoms with Crippen LogP contribution in [0.15, 0.2) is 17.2 Å². The molecule has 0 amide bonds. The second kappa shape index (κ2) is 6.06. The van der Waals surface area contributed by atoms with Crippen LogP contribution in [0.4, 0.5) is 13.2 Å². The highest BCUT2D eigenvalue weighted by atomic mass is 32.2. The van der Waals surface area contributed by atoms with Gasteiger partial charge in [0.2, 0.25) is 10.0 Å². The Labute approximate surface area is 119 Å². The maximum atomic E-state index is 12.0. The molecule has 0 radical (unpaired) electrons. The van der Waals surface area contributed by atoms with Gasteiger partial charge in [0.25, 0.3) is 0 Å². The van der Waals surface area contributed by atoms with Gasteiger partial charge in [-0.3, -0.25) is 0 Å². The van der Waals surface area contributed by atoms with Crippen molar-refractivity contribution in [2.24, 2.45) is 0 Å². The average Bonchev–Trinajstić information content (AvgIpc) is 2.71. The summed E-state index contributed by atoms with van der Waals surface area (Å²) in [5, 5.41) is 8.99. The predicted molar refractivity (Wildman–Crippen MR) is 67.6 cm³/mol. The van der Waals surface area contributed by atoms with Crippen LogP contribution in [0.25, 0.3) is 0 Å². The van der Waals surface area contributed by atoms with Gasteiger partial charge in [0, 0.05) is 18.8 Å². The first-order valence-electron chi connectivity index (χ1n) is 5.95. The second-order valence-corrected chi connectivity index (χ2v) is 6.40. The number of carboxylic acid groups (broad SMARTS) is 1. The molecule has 0 atom stereocenters. The Hall–Kier alpha value is -1.55. The van der Waals surface area contributed by atoms with Crippen molar-refractivity contribution in [2.45, 2.75) is 37.4 Å². The topological polar surface area (TPSA) is 88.4 Å². The highest BCUT2D eigenvalue weighted by Crippen LogP contribution is 2.21. The van der Waals surface area contributed by atoms with Crippen molar-refractivity contribution < 1.29 is 31.5 Å². The third kappa shape index (κ3) is 4.74. The number of carboxylic acids is 1. The lowest BCUT2D eigenvalue weighted by molar-refractivity contribution is -0.132. The van der Waals surface area contributed by atoms with E-state index in [-0.39, 0.29) is 16.6 Å². The molecule has 2 N–H and O–H groups in total. The Morgan fingerprint density at radius 1 is 1.43 bits per heavy atom. The first-order valence-corrected chi connectivity index (χ1v) is 7.44. The fourth-order valence-electron chi connectivity index (χ4n) is 1.61. The van der Waals surface area contributed by atoms with Crippen molar-refractivity contribution in [3.8, 4) is 0 Å². The van der Waals surface area contributed by atoms with Crippen LogP contribution in [0.1, 0.15) is 36.8 Å². The molecule has 0 spiro atoms. The van der Waals surface area contributed by atoms with Crippen molar-refractivity contribution in [1.29, 1.82) is 0 Å². The molecule has 1 aromatic rings. The largest absolute Gasteiger partial charge is 0.477 e. The summed E-state index contributed by atoms with van der Waals surface area (Å²) in [7, 11) is -4.19. The van der Waals surface area contributed by atoms with Crippen molar-refractivity contribution in [1.82, 2.24) is 9.29 Å². The summed E-state index contributed by atoms with van der Waals surface area (Å²) < 4.78 is 62.7. The van der Waals surface area contributed by atoms with Crippen LogP contribution in [0, 0.1) is 0 Å². The van der Waals surface area contributed by atoms with Gasteiger partial charge in [-0.15, -0.1) is 0 Å². The molecule has 1 rings (SSSR count). The summed E-state index contributed by atoms with van der Waals surface area (Å²) in [6, 6.07) is 0.605. The van der Waals surface area contributed by atoms with E-state index in [4.69, 9.17) is 5.11 Å². The number of rotatable bonds is 6. The first kappa shape index (κ1) is 17.5. The number of halogens is 3. The maximum Gasteiger partial charge on any atom is 0.390 e. The molecule has 0 bridgehead atoms. The molecule has 0 aliphatic carbocycles. The Balaban J connectivity index is 2.99. The number of aromatic nitrogens is 1. The van der Waals surface area contributed by atoms with E-state index >= 15 is 0 Å². The zero-order valence-electron chi connectivity index (χ0n) is 11.3. The van der Waals surface area contributed by atoms with E-state index in [2.05, 4.69) is 0 Å². The SMILES string of the molecule is CC(C)n1cc(S(=O)(=O)NCCC(F)(F)F)cc1C(=O)O. The van der Waals surface area contributed by atoms with Crippen LogP contribution in [0.3, 0.4) is 0 Å². The summed E-state index contributed by atoms with van der Waals surface area (Å²) in [4.78, 5) is 10.6. The Bertz CT molecular complexity index is 620. The van der Waals surface area contributed by atoms with Crippen molar-refractivity contribution in [3.05, 3.63) is 18.0 Å². The van der Waals surface area contributed by atoms with Crippen LogP contribution in [0.2, 0.25) is 0 Å². The first-order chi connectivity index (χ1) is 9.44. The minimum atomic E-state index is -4.47. The van der Waals surface area contributed by atoms with Crippen LogP contribution in [0.5, 0.6) is 0 Å². The molecule has 0 saturated carbocycles. The highest BCUT2D eigenvalue weighted by molar-refractivity contribution is 7.89. The summed E-state index contributed by atoms with van der Waals surface area (Å²) in [6.45, 7) is 2.50. The quantitative estimate of drug-likeness (QED) is 0.836. The smallest absolute Gasteiger partial charge is 0.390 e. The molecule has 1 aromatic heterocycles. The standard InChI is InChI=1S/C11H15F3N2O4S/c1-7(2)16-6-8(5-9(16)10(17)18)21(19,20)15-4-3-11(12,13)14/h5-7,15H,3-4H2,1-2H3,(H,17,18).